The van der Waals surface area contributed by atoms with Gasteiger partial charge in [0.25, 0.3) is 5.91 Å². The first-order chi connectivity index (χ1) is 16.9. The number of anilines is 1. The van der Waals surface area contributed by atoms with Crippen molar-refractivity contribution in [1.82, 2.24) is 9.88 Å². The number of hydrogen-bond acceptors (Lipinski definition) is 4. The molecule has 4 aromatic rings. The number of ether oxygens (including phenoxy) is 1. The molecule has 1 amide bonds. The van der Waals surface area contributed by atoms with Crippen LogP contribution >= 0.6 is 27.7 Å². The Morgan fingerprint density at radius 1 is 1.11 bits per heavy atom. The third-order valence-electron chi connectivity index (χ3n) is 6.18. The summed E-state index contributed by atoms with van der Waals surface area (Å²) in [5.74, 6) is 0.665. The minimum atomic E-state index is -0.277. The smallest absolute Gasteiger partial charge is 0.260 e. The van der Waals surface area contributed by atoms with Gasteiger partial charge in [-0.3, -0.25) is 4.79 Å². The number of hydrogen-bond donors (Lipinski definition) is 2. The molecule has 1 fully saturated rings. The second kappa shape index (κ2) is 9.84. The van der Waals surface area contributed by atoms with Gasteiger partial charge in [-0.05, 0) is 61.4 Å². The van der Waals surface area contributed by atoms with Crippen LogP contribution in [0.3, 0.4) is 0 Å². The second-order valence-corrected chi connectivity index (χ2v) is 10.6. The molecule has 1 saturated heterocycles. The second-order valence-electron chi connectivity index (χ2n) is 8.56. The highest BCUT2D eigenvalue weighted by Crippen LogP contribution is 2.36. The Balaban J connectivity index is 1.46. The van der Waals surface area contributed by atoms with Crippen LogP contribution < -0.4 is 15.4 Å². The largest absolute Gasteiger partial charge is 0.495 e. The van der Waals surface area contributed by atoms with E-state index in [9.17, 15) is 4.79 Å². The fourth-order valence-corrected chi connectivity index (χ4v) is 5.61. The molecular weight excluding hydrogens is 522 g/mol. The lowest BCUT2D eigenvalue weighted by Crippen LogP contribution is -2.31. The Labute approximate surface area is 217 Å². The summed E-state index contributed by atoms with van der Waals surface area (Å²) in [4.78, 5) is 13.6. The molecule has 1 unspecified atom stereocenters. The molecule has 1 aromatic heterocycles. The van der Waals surface area contributed by atoms with Gasteiger partial charge in [-0.2, -0.15) is 0 Å². The lowest BCUT2D eigenvalue weighted by molar-refractivity contribution is -0.116. The quantitative estimate of drug-likeness (QED) is 0.264. The number of nitrogens with one attached hydrogen (secondary N) is 2. The topological polar surface area (TPSA) is 55.3 Å². The number of halogens is 1. The number of amides is 1. The number of methoxy groups -OCH3 is 1. The molecule has 2 heterocycles. The van der Waals surface area contributed by atoms with E-state index in [1.165, 1.54) is 17.3 Å². The van der Waals surface area contributed by atoms with Crippen molar-refractivity contribution in [3.05, 3.63) is 98.5 Å². The van der Waals surface area contributed by atoms with Crippen LogP contribution in [0.5, 0.6) is 5.75 Å². The summed E-state index contributed by atoms with van der Waals surface area (Å²) >= 11 is 5.00. The molecule has 7 heteroatoms. The number of aryl methyl sites for hydroxylation is 1. The molecule has 5 nitrogen and oxygen atoms in total. The van der Waals surface area contributed by atoms with Crippen LogP contribution in [0.2, 0.25) is 0 Å². The first kappa shape index (κ1) is 23.6. The molecular formula is C28H26BrN3O2S. The van der Waals surface area contributed by atoms with Gasteiger partial charge in [0.05, 0.1) is 17.7 Å². The maximum atomic E-state index is 12.9. The van der Waals surface area contributed by atoms with Gasteiger partial charge in [-0.1, -0.05) is 64.1 Å². The average Bonchev–Trinajstić information content (AvgIpc) is 3.32. The first-order valence-corrected chi connectivity index (χ1v) is 13.0. The SMILES string of the molecule is COc1ccc(C)cc1NC1NC(=O)/C(=C/c2c(C)n(Cc3ccc(Br)cc3)c3ccccc23)S1. The summed E-state index contributed by atoms with van der Waals surface area (Å²) in [7, 11) is 1.65. The van der Waals surface area contributed by atoms with Crippen molar-refractivity contribution in [2.24, 2.45) is 0 Å². The van der Waals surface area contributed by atoms with Crippen LogP contribution in [-0.2, 0) is 11.3 Å². The van der Waals surface area contributed by atoms with E-state index < -0.39 is 0 Å². The van der Waals surface area contributed by atoms with Crippen LogP contribution in [0.25, 0.3) is 17.0 Å². The predicted molar refractivity (Wildman–Crippen MR) is 149 cm³/mol. The van der Waals surface area contributed by atoms with E-state index in [0.29, 0.717) is 4.91 Å². The highest BCUT2D eigenvalue weighted by atomic mass is 79.9. The standard InChI is InChI=1S/C28H26BrN3O2S/c1-17-8-13-25(34-3)23(14-17)30-28-31-27(33)26(35-28)15-22-18(2)32(24-7-5-4-6-21(22)24)16-19-9-11-20(29)12-10-19/h4-15,28,30H,16H2,1-3H3,(H,31,33)/b26-15-. The third kappa shape index (κ3) is 4.83. The van der Waals surface area contributed by atoms with E-state index in [-0.39, 0.29) is 11.4 Å². The number of para-hydroxylation sites is 1. The van der Waals surface area contributed by atoms with Gasteiger partial charge in [0.2, 0.25) is 0 Å². The molecule has 1 atom stereocenters. The van der Waals surface area contributed by atoms with E-state index >= 15 is 0 Å². The molecule has 2 N–H and O–H groups in total. The van der Waals surface area contributed by atoms with Crippen molar-refractivity contribution in [1.29, 1.82) is 0 Å². The zero-order valence-corrected chi connectivity index (χ0v) is 22.2. The molecule has 0 bridgehead atoms. The Hall–Kier alpha value is -3.16. The van der Waals surface area contributed by atoms with E-state index in [1.54, 1.807) is 7.11 Å². The van der Waals surface area contributed by atoms with Crippen molar-refractivity contribution in [3.63, 3.8) is 0 Å². The van der Waals surface area contributed by atoms with Gasteiger partial charge in [-0.25, -0.2) is 0 Å². The van der Waals surface area contributed by atoms with Crippen molar-refractivity contribution in [3.8, 4) is 5.75 Å². The van der Waals surface area contributed by atoms with E-state index in [4.69, 9.17) is 4.74 Å². The Bertz CT molecular complexity index is 1440. The molecule has 1 aliphatic heterocycles. The molecule has 0 saturated carbocycles. The summed E-state index contributed by atoms with van der Waals surface area (Å²) in [6.45, 7) is 4.92. The molecule has 178 valence electrons. The number of fused-ring (bicyclic) bond motifs is 1. The molecule has 0 radical (unpaired) electrons. The first-order valence-electron chi connectivity index (χ1n) is 11.4. The average molecular weight is 549 g/mol. The van der Waals surface area contributed by atoms with Gasteiger partial charge in [0.15, 0.2) is 5.50 Å². The van der Waals surface area contributed by atoms with E-state index in [2.05, 4.69) is 80.5 Å². The zero-order chi connectivity index (χ0) is 24.5. The summed E-state index contributed by atoms with van der Waals surface area (Å²) in [5.41, 5.74) is 6.28. The highest BCUT2D eigenvalue weighted by Gasteiger charge is 2.28. The number of aromatic nitrogens is 1. The Kier molecular flexibility index (Phi) is 6.62. The lowest BCUT2D eigenvalue weighted by Gasteiger charge is -2.16. The molecule has 0 aliphatic carbocycles. The molecule has 0 spiro atoms. The lowest BCUT2D eigenvalue weighted by atomic mass is 10.1. The summed E-state index contributed by atoms with van der Waals surface area (Å²) in [6, 6.07) is 22.7. The van der Waals surface area contributed by atoms with E-state index in [1.807, 2.05) is 37.3 Å². The van der Waals surface area contributed by atoms with Crippen molar-refractivity contribution >= 4 is 56.3 Å². The number of carbonyl (C=O) groups excluding carboxylic acids is 1. The molecule has 35 heavy (non-hydrogen) atoms. The van der Waals surface area contributed by atoms with Crippen molar-refractivity contribution < 1.29 is 9.53 Å². The summed E-state index contributed by atoms with van der Waals surface area (Å²) in [6.07, 6.45) is 2.02. The maximum absolute atomic E-state index is 12.9. The van der Waals surface area contributed by atoms with Gasteiger partial charge in [-0.15, -0.1) is 0 Å². The number of nitrogens with zero attached hydrogens (tertiary/aromatic N) is 1. The number of carbonyl (C=O) groups is 1. The van der Waals surface area contributed by atoms with Crippen LogP contribution in [0.15, 0.2) is 76.1 Å². The Morgan fingerprint density at radius 3 is 2.66 bits per heavy atom. The van der Waals surface area contributed by atoms with Crippen LogP contribution in [0.4, 0.5) is 5.69 Å². The van der Waals surface area contributed by atoms with Gasteiger partial charge in [0.1, 0.15) is 5.75 Å². The van der Waals surface area contributed by atoms with Gasteiger partial charge in [0, 0.05) is 33.2 Å². The number of rotatable bonds is 6. The van der Waals surface area contributed by atoms with E-state index in [0.717, 1.165) is 50.2 Å². The highest BCUT2D eigenvalue weighted by molar-refractivity contribution is 9.10. The van der Waals surface area contributed by atoms with Crippen LogP contribution in [0.1, 0.15) is 22.4 Å². The maximum Gasteiger partial charge on any atom is 0.260 e. The summed E-state index contributed by atoms with van der Waals surface area (Å²) in [5, 5.41) is 7.58. The Morgan fingerprint density at radius 2 is 1.89 bits per heavy atom. The normalized spacial score (nSPS) is 16.6. The van der Waals surface area contributed by atoms with Gasteiger partial charge >= 0.3 is 0 Å². The van der Waals surface area contributed by atoms with Crippen molar-refractivity contribution in [2.45, 2.75) is 25.9 Å². The van der Waals surface area contributed by atoms with Crippen LogP contribution in [0, 0.1) is 13.8 Å². The van der Waals surface area contributed by atoms with Gasteiger partial charge < -0.3 is 19.9 Å². The number of benzene rings is 3. The molecule has 3 aromatic carbocycles. The monoisotopic (exact) mass is 547 g/mol. The fourth-order valence-electron chi connectivity index (χ4n) is 4.39. The van der Waals surface area contributed by atoms with Crippen LogP contribution in [-0.4, -0.2) is 23.1 Å². The summed E-state index contributed by atoms with van der Waals surface area (Å²) < 4.78 is 8.86. The predicted octanol–water partition coefficient (Wildman–Crippen LogP) is 6.68. The minimum Gasteiger partial charge on any atom is -0.495 e. The third-order valence-corrected chi connectivity index (χ3v) is 7.74. The zero-order valence-electron chi connectivity index (χ0n) is 19.8. The molecule has 5 rings (SSSR count). The minimum absolute atomic E-state index is 0.0803. The fraction of sp³-hybridized carbons (Fsp3) is 0.179. The van der Waals surface area contributed by atoms with Crippen molar-refractivity contribution in [2.75, 3.05) is 12.4 Å². The number of thioether (sulfide) groups is 1. The molecule has 1 aliphatic rings.